The highest BCUT2D eigenvalue weighted by Gasteiger charge is 2.24. The van der Waals surface area contributed by atoms with Gasteiger partial charge in [0.1, 0.15) is 17.3 Å². The first kappa shape index (κ1) is 28.2. The van der Waals surface area contributed by atoms with Crippen molar-refractivity contribution in [1.29, 1.82) is 0 Å². The van der Waals surface area contributed by atoms with Gasteiger partial charge in [0.2, 0.25) is 0 Å². The Labute approximate surface area is 232 Å². The van der Waals surface area contributed by atoms with E-state index >= 15 is 4.39 Å². The third kappa shape index (κ3) is 6.43. The third-order valence-corrected chi connectivity index (χ3v) is 6.55. The molecule has 0 aromatic heterocycles. The highest BCUT2D eigenvalue weighted by molar-refractivity contribution is 5.90. The highest BCUT2D eigenvalue weighted by Crippen LogP contribution is 2.38. The number of hydrogen-bond acceptors (Lipinski definition) is 6. The second kappa shape index (κ2) is 11.9. The maximum atomic E-state index is 15.5. The monoisotopic (exact) mass is 540 g/mol. The zero-order chi connectivity index (χ0) is 29.0. The predicted molar refractivity (Wildman–Crippen MR) is 150 cm³/mol. The fourth-order valence-electron chi connectivity index (χ4n) is 4.46. The first-order chi connectivity index (χ1) is 19.0. The van der Waals surface area contributed by atoms with Gasteiger partial charge in [0.25, 0.3) is 0 Å². The molecule has 4 rings (SSSR count). The van der Waals surface area contributed by atoms with E-state index < -0.39 is 23.7 Å². The van der Waals surface area contributed by atoms with Crippen molar-refractivity contribution in [3.63, 3.8) is 0 Å². The van der Waals surface area contributed by atoms with Crippen LogP contribution in [0.5, 0.6) is 11.5 Å². The van der Waals surface area contributed by atoms with Gasteiger partial charge in [-0.25, -0.2) is 18.8 Å². The van der Waals surface area contributed by atoms with Crippen LogP contribution in [0, 0.1) is 5.82 Å². The Balaban J connectivity index is 1.63. The zero-order valence-electron chi connectivity index (χ0n) is 22.4. The van der Waals surface area contributed by atoms with E-state index in [-0.39, 0.29) is 35.2 Å². The molecule has 0 saturated carbocycles. The quantitative estimate of drug-likeness (QED) is 0.167. The van der Waals surface area contributed by atoms with E-state index in [0.29, 0.717) is 16.7 Å². The van der Waals surface area contributed by atoms with E-state index in [1.165, 1.54) is 26.0 Å². The number of rotatable bonds is 9. The molecule has 3 aromatic carbocycles. The number of hydrogen-bond donors (Lipinski definition) is 0. The molecule has 0 aliphatic heterocycles. The molecule has 1 aliphatic carbocycles. The van der Waals surface area contributed by atoms with E-state index in [0.717, 1.165) is 35.6 Å². The number of fused-ring (bicyclic) bond motifs is 1. The van der Waals surface area contributed by atoms with Crippen LogP contribution in [0.4, 0.5) is 4.39 Å². The normalized spacial score (nSPS) is 13.6. The summed E-state index contributed by atoms with van der Waals surface area (Å²) < 4.78 is 31.4. The molecule has 0 saturated heterocycles. The van der Waals surface area contributed by atoms with Gasteiger partial charge in [-0.15, -0.1) is 0 Å². The van der Waals surface area contributed by atoms with Crippen molar-refractivity contribution >= 4 is 17.9 Å². The van der Waals surface area contributed by atoms with Gasteiger partial charge in [0.05, 0.1) is 6.61 Å². The molecular formula is C33H29FO6. The van der Waals surface area contributed by atoms with Gasteiger partial charge in [0, 0.05) is 34.8 Å². The number of carbonyl (C=O) groups excluding carboxylic acids is 3. The van der Waals surface area contributed by atoms with Crippen LogP contribution < -0.4 is 9.47 Å². The number of carbonyl (C=O) groups is 3. The molecule has 0 radical (unpaired) electrons. The summed E-state index contributed by atoms with van der Waals surface area (Å²) >= 11 is 0. The molecule has 0 N–H and O–H groups in total. The molecule has 3 aromatic rings. The number of aryl methyl sites for hydroxylation is 1. The van der Waals surface area contributed by atoms with E-state index in [1.54, 1.807) is 24.3 Å². The maximum Gasteiger partial charge on any atom is 0.338 e. The van der Waals surface area contributed by atoms with Crippen LogP contribution >= 0.6 is 0 Å². The summed E-state index contributed by atoms with van der Waals surface area (Å²) in [6, 6.07) is 15.1. The van der Waals surface area contributed by atoms with Crippen molar-refractivity contribution in [1.82, 2.24) is 0 Å². The molecule has 0 amide bonds. The summed E-state index contributed by atoms with van der Waals surface area (Å²) in [6.45, 7) is 13.9. The van der Waals surface area contributed by atoms with Crippen molar-refractivity contribution in [2.24, 2.45) is 0 Å². The number of halogens is 1. The van der Waals surface area contributed by atoms with Crippen molar-refractivity contribution in [3.05, 3.63) is 109 Å². The van der Waals surface area contributed by atoms with Crippen LogP contribution in [0.25, 0.3) is 22.3 Å². The van der Waals surface area contributed by atoms with Crippen LogP contribution in [0.2, 0.25) is 0 Å². The Morgan fingerprint density at radius 1 is 0.875 bits per heavy atom. The van der Waals surface area contributed by atoms with Gasteiger partial charge in [0.15, 0.2) is 0 Å². The zero-order valence-corrected chi connectivity index (χ0v) is 22.4. The molecule has 1 aliphatic rings. The second-order valence-corrected chi connectivity index (χ2v) is 9.71. The minimum Gasteiger partial charge on any atom is -0.462 e. The van der Waals surface area contributed by atoms with Gasteiger partial charge in [-0.3, -0.25) is 0 Å². The molecule has 1 atom stereocenters. The van der Waals surface area contributed by atoms with Crippen LogP contribution in [-0.4, -0.2) is 24.5 Å². The van der Waals surface area contributed by atoms with Crippen molar-refractivity contribution in [2.45, 2.75) is 32.6 Å². The molecule has 6 nitrogen and oxygen atoms in total. The van der Waals surface area contributed by atoms with Crippen molar-refractivity contribution in [2.75, 3.05) is 6.61 Å². The number of benzene rings is 3. The van der Waals surface area contributed by atoms with E-state index in [4.69, 9.17) is 14.2 Å². The van der Waals surface area contributed by atoms with Crippen LogP contribution in [0.3, 0.4) is 0 Å². The summed E-state index contributed by atoms with van der Waals surface area (Å²) in [5.41, 5.74) is 4.70. The van der Waals surface area contributed by atoms with Gasteiger partial charge in [-0.05, 0) is 72.7 Å². The average Bonchev–Trinajstić information content (AvgIpc) is 3.33. The first-order valence-corrected chi connectivity index (χ1v) is 12.7. The topological polar surface area (TPSA) is 78.9 Å². The highest BCUT2D eigenvalue weighted by atomic mass is 19.1. The maximum absolute atomic E-state index is 15.5. The second-order valence-electron chi connectivity index (χ2n) is 9.71. The molecular weight excluding hydrogens is 511 g/mol. The van der Waals surface area contributed by atoms with Crippen molar-refractivity contribution < 1.29 is 33.0 Å². The Hall–Kier alpha value is -4.78. The number of esters is 3. The minimum atomic E-state index is -0.645. The van der Waals surface area contributed by atoms with Gasteiger partial charge in [-0.1, -0.05) is 50.1 Å². The number of ether oxygens (including phenoxy) is 3. The first-order valence-electron chi connectivity index (χ1n) is 12.7. The minimum absolute atomic E-state index is 0.0969. The molecule has 1 unspecified atom stereocenters. The average molecular weight is 541 g/mol. The molecule has 204 valence electrons. The van der Waals surface area contributed by atoms with Crippen LogP contribution in [0.1, 0.15) is 37.3 Å². The molecule has 40 heavy (non-hydrogen) atoms. The van der Waals surface area contributed by atoms with Gasteiger partial charge in [-0.2, -0.15) is 0 Å². The lowest BCUT2D eigenvalue weighted by Gasteiger charge is -2.13. The van der Waals surface area contributed by atoms with E-state index in [9.17, 15) is 14.4 Å². The van der Waals surface area contributed by atoms with E-state index in [1.807, 2.05) is 18.2 Å². The largest absolute Gasteiger partial charge is 0.462 e. The predicted octanol–water partition coefficient (Wildman–Crippen LogP) is 6.88. The van der Waals surface area contributed by atoms with Crippen molar-refractivity contribution in [3.8, 4) is 33.8 Å². The smallest absolute Gasteiger partial charge is 0.338 e. The lowest BCUT2D eigenvalue weighted by atomic mass is 9.95. The standard InChI is InChI=1S/C33H29FO6/c1-6-31(35)38-18-24-8-7-22-13-23(10-11-28(22)24)29-12-9-21(16-30(29)34)25-14-26(39-32(36)19(2)3)17-27(15-25)40-33(37)20(4)5/h6,9-17,24H,1-2,4,7-8,18H2,3,5H3. The molecule has 0 spiro atoms. The van der Waals surface area contributed by atoms with Crippen LogP contribution in [-0.2, 0) is 25.5 Å². The lowest BCUT2D eigenvalue weighted by molar-refractivity contribution is -0.138. The summed E-state index contributed by atoms with van der Waals surface area (Å²) in [6.07, 6.45) is 2.79. The molecule has 7 heteroatoms. The van der Waals surface area contributed by atoms with E-state index in [2.05, 4.69) is 19.7 Å². The molecule has 0 bridgehead atoms. The van der Waals surface area contributed by atoms with Gasteiger partial charge < -0.3 is 14.2 Å². The van der Waals surface area contributed by atoms with Crippen LogP contribution in [0.15, 0.2) is 91.6 Å². The summed E-state index contributed by atoms with van der Waals surface area (Å²) in [5.74, 6) is -1.86. The summed E-state index contributed by atoms with van der Waals surface area (Å²) in [5, 5.41) is 0. The lowest BCUT2D eigenvalue weighted by Crippen LogP contribution is -2.10. The fourth-order valence-corrected chi connectivity index (χ4v) is 4.46. The Bertz CT molecular complexity index is 1500. The Morgan fingerprint density at radius 3 is 2.08 bits per heavy atom. The van der Waals surface area contributed by atoms with Gasteiger partial charge >= 0.3 is 17.9 Å². The summed E-state index contributed by atoms with van der Waals surface area (Å²) in [7, 11) is 0. The Kier molecular flexibility index (Phi) is 8.43. The summed E-state index contributed by atoms with van der Waals surface area (Å²) in [4.78, 5) is 35.7. The SMILES string of the molecule is C=CC(=O)OCC1CCc2cc(-c3ccc(-c4cc(OC(=O)C(=C)C)cc(OC(=O)C(=C)C)c4)cc3F)ccc21. The molecule has 0 fully saturated rings. The Morgan fingerprint density at radius 2 is 1.50 bits per heavy atom. The molecule has 0 heterocycles. The third-order valence-electron chi connectivity index (χ3n) is 6.55. The fraction of sp³-hybridized carbons (Fsp3) is 0.182.